The molecule has 2 aromatic rings. The Balaban J connectivity index is 1.54. The third-order valence-corrected chi connectivity index (χ3v) is 4.91. The predicted octanol–water partition coefficient (Wildman–Crippen LogP) is 3.75. The Kier molecular flexibility index (Phi) is 6.10. The number of amides is 2. The van der Waals surface area contributed by atoms with Crippen LogP contribution in [0.25, 0.3) is 0 Å². The highest BCUT2D eigenvalue weighted by atomic mass is 19.4. The highest BCUT2D eigenvalue weighted by molar-refractivity contribution is 5.95. The predicted molar refractivity (Wildman–Crippen MR) is 101 cm³/mol. The zero-order valence-corrected chi connectivity index (χ0v) is 15.8. The normalized spacial score (nSPS) is 15.1. The van der Waals surface area contributed by atoms with Crippen LogP contribution in [0, 0.1) is 0 Å². The molecule has 1 heterocycles. The van der Waals surface area contributed by atoms with Crippen molar-refractivity contribution in [1.29, 1.82) is 0 Å². The summed E-state index contributed by atoms with van der Waals surface area (Å²) in [7, 11) is 1.54. The van der Waals surface area contributed by atoms with E-state index in [1.54, 1.807) is 29.2 Å². The topological polar surface area (TPSA) is 58.6 Å². The number of hydrogen-bond acceptors (Lipinski definition) is 3. The molecule has 0 saturated carbocycles. The van der Waals surface area contributed by atoms with E-state index in [2.05, 4.69) is 5.32 Å². The fourth-order valence-corrected chi connectivity index (χ4v) is 3.24. The Labute approximate surface area is 166 Å². The molecule has 0 aromatic heterocycles. The molecule has 0 bridgehead atoms. The molecule has 0 spiro atoms. The van der Waals surface area contributed by atoms with Crippen molar-refractivity contribution < 1.29 is 27.5 Å². The molecule has 2 amide bonds. The molecular formula is C21H21F3N2O3. The summed E-state index contributed by atoms with van der Waals surface area (Å²) in [6.07, 6.45) is -3.29. The number of piperidine rings is 1. The lowest BCUT2D eigenvalue weighted by Crippen LogP contribution is -2.46. The zero-order valence-electron chi connectivity index (χ0n) is 15.8. The summed E-state index contributed by atoms with van der Waals surface area (Å²) in [5, 5.41) is 2.83. The van der Waals surface area contributed by atoms with Gasteiger partial charge in [-0.15, -0.1) is 0 Å². The van der Waals surface area contributed by atoms with Gasteiger partial charge < -0.3 is 15.0 Å². The smallest absolute Gasteiger partial charge is 0.416 e. The van der Waals surface area contributed by atoms with Gasteiger partial charge in [-0.1, -0.05) is 6.07 Å². The van der Waals surface area contributed by atoms with E-state index in [-0.39, 0.29) is 17.5 Å². The number of nitrogens with zero attached hydrogens (tertiary/aromatic N) is 1. The van der Waals surface area contributed by atoms with E-state index in [0.717, 1.165) is 12.1 Å². The van der Waals surface area contributed by atoms with Crippen molar-refractivity contribution in [1.82, 2.24) is 10.2 Å². The van der Waals surface area contributed by atoms with E-state index >= 15 is 0 Å². The molecule has 5 nitrogen and oxygen atoms in total. The molecular weight excluding hydrogens is 385 g/mol. The number of rotatable bonds is 4. The van der Waals surface area contributed by atoms with Crippen molar-refractivity contribution in [2.45, 2.75) is 25.1 Å². The molecule has 1 N–H and O–H groups in total. The molecule has 1 aliphatic heterocycles. The van der Waals surface area contributed by atoms with Crippen molar-refractivity contribution in [2.24, 2.45) is 0 Å². The van der Waals surface area contributed by atoms with Crippen LogP contribution in [-0.2, 0) is 6.18 Å². The average molecular weight is 406 g/mol. The summed E-state index contributed by atoms with van der Waals surface area (Å²) in [5.41, 5.74) is -0.0807. The highest BCUT2D eigenvalue weighted by Gasteiger charge is 2.30. The number of likely N-dealkylation sites (tertiary alicyclic amines) is 1. The highest BCUT2D eigenvalue weighted by Crippen LogP contribution is 2.29. The van der Waals surface area contributed by atoms with Gasteiger partial charge in [0.1, 0.15) is 5.75 Å². The van der Waals surface area contributed by atoms with Gasteiger partial charge in [-0.2, -0.15) is 13.2 Å². The first kappa shape index (κ1) is 20.7. The Morgan fingerprint density at radius 3 is 2.28 bits per heavy atom. The number of carbonyl (C=O) groups excluding carboxylic acids is 2. The van der Waals surface area contributed by atoms with E-state index in [9.17, 15) is 22.8 Å². The summed E-state index contributed by atoms with van der Waals surface area (Å²) in [4.78, 5) is 26.6. The molecule has 2 aromatic carbocycles. The molecule has 0 atom stereocenters. The van der Waals surface area contributed by atoms with E-state index in [4.69, 9.17) is 4.74 Å². The first-order valence-corrected chi connectivity index (χ1v) is 9.19. The maximum Gasteiger partial charge on any atom is 0.416 e. The second-order valence-corrected chi connectivity index (χ2v) is 6.85. The SMILES string of the molecule is COc1cccc(C(=O)N2CCC(NC(=O)c3ccc(C(F)(F)F)cc3)CC2)c1. The number of ether oxygens (including phenoxy) is 1. The number of halogens is 3. The summed E-state index contributed by atoms with van der Waals surface area (Å²) in [6.45, 7) is 0.960. The fraction of sp³-hybridized carbons (Fsp3) is 0.333. The zero-order chi connectivity index (χ0) is 21.0. The molecule has 0 radical (unpaired) electrons. The second-order valence-electron chi connectivity index (χ2n) is 6.85. The second kappa shape index (κ2) is 8.55. The van der Waals surface area contributed by atoms with Crippen LogP contribution >= 0.6 is 0 Å². The van der Waals surface area contributed by atoms with Gasteiger partial charge in [0.25, 0.3) is 11.8 Å². The average Bonchev–Trinajstić information content (AvgIpc) is 2.73. The van der Waals surface area contributed by atoms with Crippen LogP contribution in [0.1, 0.15) is 39.1 Å². The number of hydrogen-bond donors (Lipinski definition) is 1. The Bertz CT molecular complexity index is 873. The Hall–Kier alpha value is -3.03. The van der Waals surface area contributed by atoms with E-state index in [0.29, 0.717) is 37.2 Å². The molecule has 1 aliphatic rings. The van der Waals surface area contributed by atoms with Gasteiger partial charge in [-0.05, 0) is 55.3 Å². The summed E-state index contributed by atoms with van der Waals surface area (Å²) >= 11 is 0. The van der Waals surface area contributed by atoms with Crippen LogP contribution in [0.2, 0.25) is 0 Å². The summed E-state index contributed by atoms with van der Waals surface area (Å²) in [5.74, 6) is 0.0854. The minimum atomic E-state index is -4.43. The van der Waals surface area contributed by atoms with E-state index in [1.165, 1.54) is 19.2 Å². The van der Waals surface area contributed by atoms with Gasteiger partial charge in [0.15, 0.2) is 0 Å². The van der Waals surface area contributed by atoms with Crippen LogP contribution < -0.4 is 10.1 Å². The van der Waals surface area contributed by atoms with Crippen molar-refractivity contribution in [3.05, 3.63) is 65.2 Å². The van der Waals surface area contributed by atoms with Crippen LogP contribution in [0.3, 0.4) is 0 Å². The summed E-state index contributed by atoms with van der Waals surface area (Å²) < 4.78 is 43.0. The van der Waals surface area contributed by atoms with Crippen molar-refractivity contribution in [3.63, 3.8) is 0 Å². The maximum absolute atomic E-state index is 12.6. The first-order chi connectivity index (χ1) is 13.8. The number of carbonyl (C=O) groups is 2. The van der Waals surface area contributed by atoms with Crippen LogP contribution in [0.4, 0.5) is 13.2 Å². The van der Waals surface area contributed by atoms with Gasteiger partial charge in [-0.25, -0.2) is 0 Å². The fourth-order valence-electron chi connectivity index (χ4n) is 3.24. The number of nitrogens with one attached hydrogen (secondary N) is 1. The molecule has 0 aliphatic carbocycles. The number of alkyl halides is 3. The lowest BCUT2D eigenvalue weighted by Gasteiger charge is -2.32. The maximum atomic E-state index is 12.6. The monoisotopic (exact) mass is 406 g/mol. The number of methoxy groups -OCH3 is 1. The molecule has 8 heteroatoms. The minimum Gasteiger partial charge on any atom is -0.497 e. The van der Waals surface area contributed by atoms with E-state index < -0.39 is 17.6 Å². The number of benzene rings is 2. The first-order valence-electron chi connectivity index (χ1n) is 9.19. The van der Waals surface area contributed by atoms with Gasteiger partial charge in [0, 0.05) is 30.3 Å². The van der Waals surface area contributed by atoms with Gasteiger partial charge in [0.2, 0.25) is 0 Å². The quantitative estimate of drug-likeness (QED) is 0.842. The molecule has 1 fully saturated rings. The standard InChI is InChI=1S/C21H21F3N2O3/c1-29-18-4-2-3-15(13-18)20(28)26-11-9-17(10-12-26)25-19(27)14-5-7-16(8-6-14)21(22,23)24/h2-8,13,17H,9-12H2,1H3,(H,25,27). The van der Waals surface area contributed by atoms with Crippen LogP contribution in [-0.4, -0.2) is 43.0 Å². The summed E-state index contributed by atoms with van der Waals surface area (Å²) in [6, 6.07) is 10.9. The lowest BCUT2D eigenvalue weighted by atomic mass is 10.0. The molecule has 0 unspecified atom stereocenters. The van der Waals surface area contributed by atoms with Crippen LogP contribution in [0.5, 0.6) is 5.75 Å². The van der Waals surface area contributed by atoms with Crippen molar-refractivity contribution in [3.8, 4) is 5.75 Å². The largest absolute Gasteiger partial charge is 0.497 e. The van der Waals surface area contributed by atoms with Gasteiger partial charge in [0.05, 0.1) is 12.7 Å². The third kappa shape index (κ3) is 5.07. The molecule has 3 rings (SSSR count). The van der Waals surface area contributed by atoms with Gasteiger partial charge in [-0.3, -0.25) is 9.59 Å². The lowest BCUT2D eigenvalue weighted by molar-refractivity contribution is -0.137. The molecule has 1 saturated heterocycles. The third-order valence-electron chi connectivity index (χ3n) is 4.91. The van der Waals surface area contributed by atoms with Crippen molar-refractivity contribution >= 4 is 11.8 Å². The minimum absolute atomic E-state index is 0.101. The van der Waals surface area contributed by atoms with Crippen molar-refractivity contribution in [2.75, 3.05) is 20.2 Å². The van der Waals surface area contributed by atoms with Gasteiger partial charge >= 0.3 is 6.18 Å². The molecule has 154 valence electrons. The van der Waals surface area contributed by atoms with Crippen LogP contribution in [0.15, 0.2) is 48.5 Å². The Morgan fingerprint density at radius 2 is 1.69 bits per heavy atom. The molecule has 29 heavy (non-hydrogen) atoms. The Morgan fingerprint density at radius 1 is 1.03 bits per heavy atom. The van der Waals surface area contributed by atoms with E-state index in [1.807, 2.05) is 0 Å².